The molecule has 6 nitrogen and oxygen atoms in total. The highest BCUT2D eigenvalue weighted by Gasteiger charge is 2.30. The average molecular weight is 354 g/mol. The van der Waals surface area contributed by atoms with Crippen LogP contribution in [0.25, 0.3) is 10.7 Å². The van der Waals surface area contributed by atoms with Crippen LogP contribution >= 0.6 is 11.3 Å². The van der Waals surface area contributed by atoms with Gasteiger partial charge in [0.2, 0.25) is 17.6 Å². The molecular weight excluding hydrogens is 336 g/mol. The second-order valence-corrected chi connectivity index (χ2v) is 7.13. The quantitative estimate of drug-likeness (QED) is 0.705. The van der Waals surface area contributed by atoms with Crippen molar-refractivity contribution in [2.45, 2.75) is 32.0 Å². The fourth-order valence-electron chi connectivity index (χ4n) is 2.76. The van der Waals surface area contributed by atoms with E-state index in [1.165, 1.54) is 12.8 Å². The predicted octanol–water partition coefficient (Wildman–Crippen LogP) is 3.06. The molecule has 1 aromatic carbocycles. The summed E-state index contributed by atoms with van der Waals surface area (Å²) in [5, 5.41) is 6.07. The van der Waals surface area contributed by atoms with Gasteiger partial charge in [-0.1, -0.05) is 23.4 Å². The van der Waals surface area contributed by atoms with Crippen LogP contribution in [0, 0.1) is 0 Å². The van der Waals surface area contributed by atoms with Gasteiger partial charge in [-0.3, -0.25) is 9.69 Å². The van der Waals surface area contributed by atoms with Crippen LogP contribution < -0.4 is 5.73 Å². The minimum atomic E-state index is -0.405. The van der Waals surface area contributed by atoms with E-state index in [9.17, 15) is 4.79 Å². The van der Waals surface area contributed by atoms with E-state index in [0.29, 0.717) is 29.9 Å². The first-order valence-corrected chi connectivity index (χ1v) is 9.06. The molecule has 1 amide bonds. The Hall–Kier alpha value is -2.51. The summed E-state index contributed by atoms with van der Waals surface area (Å²) in [5.41, 5.74) is 6.95. The average Bonchev–Trinajstić information content (AvgIpc) is 3.11. The molecular formula is C18H18N4O2S. The lowest BCUT2D eigenvalue weighted by molar-refractivity contribution is 0.100. The Morgan fingerprint density at radius 1 is 1.24 bits per heavy atom. The van der Waals surface area contributed by atoms with Crippen LogP contribution in [0.2, 0.25) is 0 Å². The zero-order valence-electron chi connectivity index (χ0n) is 13.6. The molecule has 0 unspecified atom stereocenters. The smallest absolute Gasteiger partial charge is 0.248 e. The summed E-state index contributed by atoms with van der Waals surface area (Å²) >= 11 is 1.60. The number of rotatable bonds is 7. The maximum absolute atomic E-state index is 11.2. The monoisotopic (exact) mass is 354 g/mol. The molecule has 0 bridgehead atoms. The summed E-state index contributed by atoms with van der Waals surface area (Å²) in [6.07, 6.45) is 2.37. The van der Waals surface area contributed by atoms with Crippen molar-refractivity contribution in [3.05, 3.63) is 58.8 Å². The number of benzene rings is 1. The molecule has 2 N–H and O–H groups in total. The van der Waals surface area contributed by atoms with Gasteiger partial charge in [0.25, 0.3) is 0 Å². The number of amides is 1. The molecule has 1 aliphatic carbocycles. The van der Waals surface area contributed by atoms with E-state index < -0.39 is 5.91 Å². The lowest BCUT2D eigenvalue weighted by atomic mass is 10.1. The van der Waals surface area contributed by atoms with Gasteiger partial charge in [-0.25, -0.2) is 0 Å². The van der Waals surface area contributed by atoms with Crippen LogP contribution in [-0.2, 0) is 13.1 Å². The van der Waals surface area contributed by atoms with Crippen molar-refractivity contribution >= 4 is 17.2 Å². The number of hydrogen-bond donors (Lipinski definition) is 1. The highest BCUT2D eigenvalue weighted by molar-refractivity contribution is 7.13. The number of carbonyl (C=O) groups is 1. The molecule has 2 aromatic heterocycles. The Kier molecular flexibility index (Phi) is 4.33. The number of primary amides is 1. The number of aromatic nitrogens is 2. The fourth-order valence-corrected chi connectivity index (χ4v) is 3.41. The van der Waals surface area contributed by atoms with Gasteiger partial charge in [0.05, 0.1) is 11.4 Å². The number of nitrogens with two attached hydrogens (primary N) is 1. The van der Waals surface area contributed by atoms with Crippen molar-refractivity contribution in [3.63, 3.8) is 0 Å². The van der Waals surface area contributed by atoms with Gasteiger partial charge in [0.15, 0.2) is 0 Å². The summed E-state index contributed by atoms with van der Waals surface area (Å²) in [7, 11) is 0. The Balaban J connectivity index is 1.46. The molecule has 2 heterocycles. The predicted molar refractivity (Wildman–Crippen MR) is 94.8 cm³/mol. The van der Waals surface area contributed by atoms with Gasteiger partial charge in [-0.15, -0.1) is 11.3 Å². The lowest BCUT2D eigenvalue weighted by Gasteiger charge is -2.20. The third-order valence-electron chi connectivity index (χ3n) is 4.24. The second-order valence-electron chi connectivity index (χ2n) is 6.19. The molecule has 0 aliphatic heterocycles. The summed E-state index contributed by atoms with van der Waals surface area (Å²) in [4.78, 5) is 19.0. The first-order chi connectivity index (χ1) is 12.2. The van der Waals surface area contributed by atoms with Crippen LogP contribution in [0.4, 0.5) is 0 Å². The Morgan fingerprint density at radius 3 is 2.68 bits per heavy atom. The molecule has 0 radical (unpaired) electrons. The van der Waals surface area contributed by atoms with Gasteiger partial charge in [-0.05, 0) is 42.0 Å². The van der Waals surface area contributed by atoms with E-state index in [4.69, 9.17) is 10.3 Å². The normalized spacial score (nSPS) is 14.1. The third kappa shape index (κ3) is 3.78. The van der Waals surface area contributed by atoms with Gasteiger partial charge in [0.1, 0.15) is 0 Å². The molecule has 0 saturated heterocycles. The maximum Gasteiger partial charge on any atom is 0.248 e. The summed E-state index contributed by atoms with van der Waals surface area (Å²) < 4.78 is 5.43. The molecule has 128 valence electrons. The molecule has 1 aliphatic rings. The number of thiophene rings is 1. The molecule has 1 saturated carbocycles. The molecule has 1 fully saturated rings. The molecule has 3 aromatic rings. The highest BCUT2D eigenvalue weighted by Crippen LogP contribution is 2.30. The van der Waals surface area contributed by atoms with Gasteiger partial charge < -0.3 is 10.3 Å². The van der Waals surface area contributed by atoms with E-state index in [1.807, 2.05) is 29.6 Å². The van der Waals surface area contributed by atoms with Crippen LogP contribution in [0.5, 0.6) is 0 Å². The summed E-state index contributed by atoms with van der Waals surface area (Å²) in [5.74, 6) is 0.869. The van der Waals surface area contributed by atoms with E-state index in [0.717, 1.165) is 17.0 Å². The van der Waals surface area contributed by atoms with Crippen molar-refractivity contribution in [2.24, 2.45) is 5.73 Å². The van der Waals surface area contributed by atoms with Crippen molar-refractivity contribution < 1.29 is 9.32 Å². The van der Waals surface area contributed by atoms with Crippen LogP contribution in [0.1, 0.15) is 34.7 Å². The van der Waals surface area contributed by atoms with Gasteiger partial charge in [-0.2, -0.15) is 4.98 Å². The Labute approximate surface area is 149 Å². The molecule has 0 spiro atoms. The lowest BCUT2D eigenvalue weighted by Crippen LogP contribution is -2.25. The summed E-state index contributed by atoms with van der Waals surface area (Å²) in [6.45, 7) is 1.40. The maximum atomic E-state index is 11.2. The minimum Gasteiger partial charge on any atom is -0.366 e. The van der Waals surface area contributed by atoms with E-state index >= 15 is 0 Å². The first kappa shape index (κ1) is 16.0. The number of hydrogen-bond acceptors (Lipinski definition) is 6. The van der Waals surface area contributed by atoms with Crippen molar-refractivity contribution in [1.82, 2.24) is 15.0 Å². The topological polar surface area (TPSA) is 85.3 Å². The van der Waals surface area contributed by atoms with Crippen LogP contribution in [0.3, 0.4) is 0 Å². The van der Waals surface area contributed by atoms with Crippen molar-refractivity contribution in [1.29, 1.82) is 0 Å². The standard InChI is InChI=1S/C18H18N4O2S/c19-17(23)13-5-3-12(4-6-13)10-22(14-7-8-14)11-16-20-18(21-24-16)15-2-1-9-25-15/h1-6,9,14H,7-8,10-11H2,(H2,19,23). The van der Waals surface area contributed by atoms with Gasteiger partial charge >= 0.3 is 0 Å². The highest BCUT2D eigenvalue weighted by atomic mass is 32.1. The number of carbonyl (C=O) groups excluding carboxylic acids is 1. The minimum absolute atomic E-state index is 0.405. The van der Waals surface area contributed by atoms with Crippen molar-refractivity contribution in [3.8, 4) is 10.7 Å². The fraction of sp³-hybridized carbons (Fsp3) is 0.278. The number of nitrogens with zero attached hydrogens (tertiary/aromatic N) is 3. The third-order valence-corrected chi connectivity index (χ3v) is 5.10. The van der Waals surface area contributed by atoms with E-state index in [2.05, 4.69) is 15.0 Å². The molecule has 7 heteroatoms. The largest absolute Gasteiger partial charge is 0.366 e. The van der Waals surface area contributed by atoms with Crippen LogP contribution in [0.15, 0.2) is 46.3 Å². The zero-order valence-corrected chi connectivity index (χ0v) is 14.4. The Morgan fingerprint density at radius 2 is 2.04 bits per heavy atom. The van der Waals surface area contributed by atoms with Crippen molar-refractivity contribution in [2.75, 3.05) is 0 Å². The molecule has 4 rings (SSSR count). The summed E-state index contributed by atoms with van der Waals surface area (Å²) in [6, 6.07) is 11.9. The zero-order chi connectivity index (χ0) is 17.2. The van der Waals surface area contributed by atoms with Gasteiger partial charge in [0, 0.05) is 18.2 Å². The second kappa shape index (κ2) is 6.78. The molecule has 0 atom stereocenters. The van der Waals surface area contributed by atoms with E-state index in [1.54, 1.807) is 23.5 Å². The van der Waals surface area contributed by atoms with E-state index in [-0.39, 0.29) is 0 Å². The first-order valence-electron chi connectivity index (χ1n) is 8.18. The SMILES string of the molecule is NC(=O)c1ccc(CN(Cc2nc(-c3cccs3)no2)C2CC2)cc1. The Bertz CT molecular complexity index is 854. The molecule has 25 heavy (non-hydrogen) atoms. The van der Waals surface area contributed by atoms with Crippen LogP contribution in [-0.4, -0.2) is 27.0 Å².